The Morgan fingerprint density at radius 1 is 1.22 bits per heavy atom. The minimum absolute atomic E-state index is 0.461. The van der Waals surface area contributed by atoms with Crippen LogP contribution in [0.1, 0.15) is 42.0 Å². The van der Waals surface area contributed by atoms with Crippen molar-refractivity contribution in [2.45, 2.75) is 43.5 Å². The molecule has 3 heterocycles. The van der Waals surface area contributed by atoms with Gasteiger partial charge in [0.15, 0.2) is 5.82 Å². The maximum Gasteiger partial charge on any atom is 0.251 e. The summed E-state index contributed by atoms with van der Waals surface area (Å²) in [6, 6.07) is 1.89. The number of nitrogen functional groups attached to an aromatic ring is 1. The van der Waals surface area contributed by atoms with Gasteiger partial charge in [-0.25, -0.2) is 4.68 Å². The second-order valence-corrected chi connectivity index (χ2v) is 6.54. The monoisotopic (exact) mass is 332 g/mol. The highest BCUT2D eigenvalue weighted by Gasteiger charge is 2.30. The van der Waals surface area contributed by atoms with Crippen LogP contribution in [-0.2, 0) is 5.75 Å². The average Bonchev–Trinajstić information content (AvgIpc) is 2.98. The third-order valence-corrected chi connectivity index (χ3v) is 4.62. The maximum atomic E-state index is 6.02. The zero-order valence-corrected chi connectivity index (χ0v) is 13.6. The number of furan rings is 1. The van der Waals surface area contributed by atoms with Crippen LogP contribution in [0.5, 0.6) is 0 Å². The fourth-order valence-corrected chi connectivity index (χ4v) is 3.10. The van der Waals surface area contributed by atoms with Crippen molar-refractivity contribution in [1.82, 2.24) is 25.1 Å². The molecule has 3 aromatic rings. The van der Waals surface area contributed by atoms with Crippen LogP contribution in [0, 0.1) is 13.8 Å². The molecule has 23 heavy (non-hydrogen) atoms. The van der Waals surface area contributed by atoms with E-state index in [0.717, 1.165) is 35.7 Å². The predicted molar refractivity (Wildman–Crippen MR) is 83.2 cm³/mol. The molecule has 0 saturated heterocycles. The number of aromatic nitrogens is 5. The molecule has 1 saturated carbocycles. The van der Waals surface area contributed by atoms with Crippen LogP contribution in [0.4, 0.5) is 0 Å². The Hall–Kier alpha value is -2.29. The zero-order chi connectivity index (χ0) is 16.0. The van der Waals surface area contributed by atoms with Crippen molar-refractivity contribution in [2.24, 2.45) is 0 Å². The minimum atomic E-state index is 0.461. The van der Waals surface area contributed by atoms with Crippen LogP contribution in [0.2, 0.25) is 0 Å². The highest BCUT2D eigenvalue weighted by molar-refractivity contribution is 7.98. The predicted octanol–water partition coefficient (Wildman–Crippen LogP) is 2.42. The van der Waals surface area contributed by atoms with Gasteiger partial charge < -0.3 is 14.7 Å². The Morgan fingerprint density at radius 2 is 2.04 bits per heavy atom. The van der Waals surface area contributed by atoms with Crippen LogP contribution in [0.3, 0.4) is 0 Å². The van der Waals surface area contributed by atoms with Gasteiger partial charge in [0.1, 0.15) is 11.5 Å². The smallest absolute Gasteiger partial charge is 0.251 e. The quantitative estimate of drug-likeness (QED) is 0.560. The van der Waals surface area contributed by atoms with Crippen LogP contribution < -0.4 is 5.84 Å². The third kappa shape index (κ3) is 2.72. The number of thioether (sulfide) groups is 1. The Bertz CT molecular complexity index is 847. The van der Waals surface area contributed by atoms with Crippen molar-refractivity contribution in [3.05, 3.63) is 29.3 Å². The highest BCUT2D eigenvalue weighted by atomic mass is 32.2. The van der Waals surface area contributed by atoms with Crippen molar-refractivity contribution >= 4 is 11.8 Å². The largest absolute Gasteiger partial charge is 0.466 e. The Labute approximate surface area is 136 Å². The fraction of sp³-hybridized carbons (Fsp3) is 0.429. The Balaban J connectivity index is 1.47. The second kappa shape index (κ2) is 5.41. The first-order chi connectivity index (χ1) is 11.1. The summed E-state index contributed by atoms with van der Waals surface area (Å²) in [5.74, 6) is 10.4. The van der Waals surface area contributed by atoms with Gasteiger partial charge in [0, 0.05) is 5.92 Å². The number of hydrogen-bond donors (Lipinski definition) is 1. The summed E-state index contributed by atoms with van der Waals surface area (Å²) in [7, 11) is 0. The molecular weight excluding hydrogens is 316 g/mol. The van der Waals surface area contributed by atoms with Crippen molar-refractivity contribution in [1.29, 1.82) is 0 Å². The molecule has 1 fully saturated rings. The molecule has 0 bridgehead atoms. The van der Waals surface area contributed by atoms with Crippen LogP contribution in [0.15, 0.2) is 20.1 Å². The van der Waals surface area contributed by atoms with Gasteiger partial charge in [0.25, 0.3) is 5.89 Å². The molecule has 1 aliphatic rings. The fourth-order valence-electron chi connectivity index (χ4n) is 2.40. The van der Waals surface area contributed by atoms with Gasteiger partial charge in [0.05, 0.1) is 11.3 Å². The van der Waals surface area contributed by atoms with Gasteiger partial charge >= 0.3 is 0 Å². The first kappa shape index (κ1) is 14.3. The van der Waals surface area contributed by atoms with E-state index in [9.17, 15) is 0 Å². The maximum absolute atomic E-state index is 6.02. The number of aryl methyl sites for hydroxylation is 2. The zero-order valence-electron chi connectivity index (χ0n) is 12.8. The van der Waals surface area contributed by atoms with Crippen LogP contribution in [-0.4, -0.2) is 25.1 Å². The number of rotatable bonds is 5. The van der Waals surface area contributed by atoms with Crippen LogP contribution in [0.25, 0.3) is 11.5 Å². The normalized spacial score (nSPS) is 14.5. The lowest BCUT2D eigenvalue weighted by molar-refractivity contribution is 0.499. The first-order valence-corrected chi connectivity index (χ1v) is 8.33. The van der Waals surface area contributed by atoms with E-state index < -0.39 is 0 Å². The molecule has 9 heteroatoms. The van der Waals surface area contributed by atoms with Gasteiger partial charge in [-0.15, -0.1) is 20.4 Å². The van der Waals surface area contributed by atoms with E-state index >= 15 is 0 Å². The van der Waals surface area contributed by atoms with Gasteiger partial charge in [-0.1, -0.05) is 11.8 Å². The molecule has 0 aromatic carbocycles. The molecular formula is C14H16N6O2S. The van der Waals surface area contributed by atoms with Crippen molar-refractivity contribution in [2.75, 3.05) is 5.84 Å². The molecule has 0 atom stereocenters. The summed E-state index contributed by atoms with van der Waals surface area (Å²) in [6.07, 6.45) is 2.27. The molecule has 4 rings (SSSR count). The number of nitrogens with zero attached hydrogens (tertiary/aromatic N) is 5. The molecule has 8 nitrogen and oxygen atoms in total. The molecule has 0 unspecified atom stereocenters. The summed E-state index contributed by atoms with van der Waals surface area (Å²) >= 11 is 1.43. The molecule has 1 aliphatic carbocycles. The van der Waals surface area contributed by atoms with Gasteiger partial charge in [0.2, 0.25) is 11.0 Å². The van der Waals surface area contributed by atoms with Crippen molar-refractivity contribution in [3.63, 3.8) is 0 Å². The minimum Gasteiger partial charge on any atom is -0.466 e. The lowest BCUT2D eigenvalue weighted by atomic mass is 10.2. The summed E-state index contributed by atoms with van der Waals surface area (Å²) in [6.45, 7) is 3.76. The number of nitrogens with two attached hydrogens (primary N) is 1. The lowest BCUT2D eigenvalue weighted by Gasteiger charge is -2.00. The van der Waals surface area contributed by atoms with Gasteiger partial charge in [-0.3, -0.25) is 0 Å². The van der Waals surface area contributed by atoms with E-state index in [1.54, 1.807) is 4.68 Å². The van der Waals surface area contributed by atoms with E-state index in [0.29, 0.717) is 28.6 Å². The summed E-state index contributed by atoms with van der Waals surface area (Å²) < 4.78 is 12.7. The molecule has 0 radical (unpaired) electrons. The Morgan fingerprint density at radius 3 is 2.74 bits per heavy atom. The van der Waals surface area contributed by atoms with Gasteiger partial charge in [-0.05, 0) is 32.8 Å². The third-order valence-electron chi connectivity index (χ3n) is 3.70. The van der Waals surface area contributed by atoms with E-state index in [4.69, 9.17) is 14.7 Å². The van der Waals surface area contributed by atoms with E-state index in [-0.39, 0.29) is 0 Å². The topological polar surface area (TPSA) is 109 Å². The highest BCUT2D eigenvalue weighted by Crippen LogP contribution is 2.39. The Kier molecular flexibility index (Phi) is 3.37. The van der Waals surface area contributed by atoms with Crippen molar-refractivity contribution in [3.8, 4) is 11.5 Å². The standard InChI is InChI=1S/C14H16N6O2S/c1-7-5-10(8(2)21-7)13-18-16-11(22-13)6-23-14-19-17-12(20(14)15)9-3-4-9/h5,9H,3-4,6,15H2,1-2H3. The number of hydrogen-bond acceptors (Lipinski definition) is 8. The van der Waals surface area contributed by atoms with E-state index in [1.165, 1.54) is 11.8 Å². The molecule has 3 aromatic heterocycles. The molecule has 120 valence electrons. The molecule has 0 spiro atoms. The van der Waals surface area contributed by atoms with Crippen LogP contribution >= 0.6 is 11.8 Å². The van der Waals surface area contributed by atoms with Gasteiger partial charge in [-0.2, -0.15) is 0 Å². The molecule has 0 aliphatic heterocycles. The summed E-state index contributed by atoms with van der Waals surface area (Å²) in [5.41, 5.74) is 0.823. The summed E-state index contributed by atoms with van der Waals surface area (Å²) in [5, 5.41) is 17.1. The SMILES string of the molecule is Cc1cc(-c2nnc(CSc3nnc(C4CC4)n3N)o2)c(C)o1. The molecule has 2 N–H and O–H groups in total. The second-order valence-electron chi connectivity index (χ2n) is 5.60. The first-order valence-electron chi connectivity index (χ1n) is 7.35. The van der Waals surface area contributed by atoms with Crippen molar-refractivity contribution < 1.29 is 8.83 Å². The van der Waals surface area contributed by atoms with E-state index in [2.05, 4.69) is 20.4 Å². The van der Waals surface area contributed by atoms with E-state index in [1.807, 2.05) is 19.9 Å². The molecule has 0 amide bonds. The lowest BCUT2D eigenvalue weighted by Crippen LogP contribution is -2.13. The summed E-state index contributed by atoms with van der Waals surface area (Å²) in [4.78, 5) is 0. The average molecular weight is 332 g/mol.